The van der Waals surface area contributed by atoms with Gasteiger partial charge in [-0.3, -0.25) is 9.69 Å². The first-order valence-corrected chi connectivity index (χ1v) is 8.60. The lowest BCUT2D eigenvalue weighted by molar-refractivity contribution is 0.0898. The van der Waals surface area contributed by atoms with E-state index in [4.69, 9.17) is 9.15 Å². The molecule has 5 nitrogen and oxygen atoms in total. The number of hydrogen-bond donors (Lipinski definition) is 1. The van der Waals surface area contributed by atoms with E-state index in [1.807, 2.05) is 30.3 Å². The molecule has 0 saturated carbocycles. The van der Waals surface area contributed by atoms with E-state index >= 15 is 0 Å². The fourth-order valence-corrected chi connectivity index (χ4v) is 3.81. The molecule has 5 heteroatoms. The first-order valence-electron chi connectivity index (χ1n) is 8.60. The van der Waals surface area contributed by atoms with Crippen molar-refractivity contribution >= 4 is 5.91 Å². The zero-order chi connectivity index (χ0) is 16.4. The molecular weight excluding hydrogens is 304 g/mol. The Morgan fingerprint density at radius 3 is 2.96 bits per heavy atom. The predicted octanol–water partition coefficient (Wildman–Crippen LogP) is 2.83. The third-order valence-corrected chi connectivity index (χ3v) is 5.01. The van der Waals surface area contributed by atoms with Crippen molar-refractivity contribution in [1.82, 2.24) is 10.2 Å². The first kappa shape index (κ1) is 15.3. The summed E-state index contributed by atoms with van der Waals surface area (Å²) in [7, 11) is 0. The molecule has 2 atom stereocenters. The molecule has 2 aliphatic rings. The van der Waals surface area contributed by atoms with Crippen molar-refractivity contribution in [3.05, 3.63) is 54.0 Å². The Hall–Kier alpha value is -2.27. The zero-order valence-electron chi connectivity index (χ0n) is 13.6. The second-order valence-corrected chi connectivity index (χ2v) is 6.49. The first-order chi connectivity index (χ1) is 11.8. The summed E-state index contributed by atoms with van der Waals surface area (Å²) in [4.78, 5) is 15.1. The number of rotatable bonds is 5. The average Bonchev–Trinajstić information content (AvgIpc) is 3.32. The van der Waals surface area contributed by atoms with E-state index in [9.17, 15) is 4.79 Å². The molecule has 126 valence electrons. The second-order valence-electron chi connectivity index (χ2n) is 6.49. The molecule has 0 radical (unpaired) electrons. The van der Waals surface area contributed by atoms with Gasteiger partial charge in [0.2, 0.25) is 0 Å². The van der Waals surface area contributed by atoms with Crippen molar-refractivity contribution in [1.29, 1.82) is 0 Å². The average molecular weight is 326 g/mol. The van der Waals surface area contributed by atoms with Gasteiger partial charge in [0.25, 0.3) is 5.91 Å². The molecule has 0 bridgehead atoms. The number of amides is 1. The number of hydrogen-bond acceptors (Lipinski definition) is 4. The van der Waals surface area contributed by atoms with Crippen LogP contribution in [0.4, 0.5) is 0 Å². The number of fused-ring (bicyclic) bond motifs is 1. The highest BCUT2D eigenvalue weighted by atomic mass is 16.5. The van der Waals surface area contributed by atoms with Gasteiger partial charge in [0.05, 0.1) is 6.26 Å². The van der Waals surface area contributed by atoms with Crippen molar-refractivity contribution in [2.45, 2.75) is 38.0 Å². The Balaban J connectivity index is 1.39. The number of ether oxygens (including phenoxy) is 1. The SMILES string of the molecule is O=C(NC1CCN2CCCC12)c1occc1COc1ccccc1. The van der Waals surface area contributed by atoms with Crippen molar-refractivity contribution in [3.8, 4) is 5.75 Å². The molecule has 2 aromatic rings. The molecule has 0 aliphatic carbocycles. The van der Waals surface area contributed by atoms with Crippen molar-refractivity contribution in [2.75, 3.05) is 13.1 Å². The molecule has 2 aliphatic heterocycles. The summed E-state index contributed by atoms with van der Waals surface area (Å²) in [5.74, 6) is 1.01. The molecule has 1 amide bonds. The minimum absolute atomic E-state index is 0.134. The Morgan fingerprint density at radius 1 is 1.21 bits per heavy atom. The lowest BCUT2D eigenvalue weighted by atomic mass is 10.1. The van der Waals surface area contributed by atoms with Gasteiger partial charge in [0.1, 0.15) is 12.4 Å². The van der Waals surface area contributed by atoms with Gasteiger partial charge < -0.3 is 14.5 Å². The third-order valence-electron chi connectivity index (χ3n) is 5.01. The largest absolute Gasteiger partial charge is 0.489 e. The summed E-state index contributed by atoms with van der Waals surface area (Å²) >= 11 is 0. The maximum Gasteiger partial charge on any atom is 0.287 e. The number of nitrogens with one attached hydrogen (secondary N) is 1. The number of furan rings is 1. The normalized spacial score (nSPS) is 23.2. The van der Waals surface area contributed by atoms with Crippen LogP contribution in [0.2, 0.25) is 0 Å². The minimum atomic E-state index is -0.134. The van der Waals surface area contributed by atoms with Crippen LogP contribution in [-0.4, -0.2) is 36.0 Å². The molecule has 2 saturated heterocycles. The molecule has 4 rings (SSSR count). The summed E-state index contributed by atoms with van der Waals surface area (Å²) in [5, 5.41) is 3.16. The summed E-state index contributed by atoms with van der Waals surface area (Å²) in [6, 6.07) is 12.1. The highest BCUT2D eigenvalue weighted by Gasteiger charge is 2.38. The zero-order valence-corrected chi connectivity index (χ0v) is 13.6. The molecule has 1 aromatic heterocycles. The summed E-state index contributed by atoms with van der Waals surface area (Å²) in [6.07, 6.45) is 4.98. The number of carbonyl (C=O) groups excluding carboxylic acids is 1. The monoisotopic (exact) mass is 326 g/mol. The van der Waals surface area contributed by atoms with E-state index in [0.717, 1.165) is 30.8 Å². The van der Waals surface area contributed by atoms with E-state index < -0.39 is 0 Å². The smallest absolute Gasteiger partial charge is 0.287 e. The Labute approximate surface area is 141 Å². The summed E-state index contributed by atoms with van der Waals surface area (Å²) in [5.41, 5.74) is 0.776. The minimum Gasteiger partial charge on any atom is -0.489 e. The molecule has 2 unspecified atom stereocenters. The lowest BCUT2D eigenvalue weighted by Gasteiger charge is -2.21. The Kier molecular flexibility index (Phi) is 4.26. The molecule has 3 heterocycles. The highest BCUT2D eigenvalue weighted by Crippen LogP contribution is 2.28. The van der Waals surface area contributed by atoms with Gasteiger partial charge in [-0.1, -0.05) is 18.2 Å². The quantitative estimate of drug-likeness (QED) is 0.918. The van der Waals surface area contributed by atoms with Gasteiger partial charge >= 0.3 is 0 Å². The number of carbonyl (C=O) groups is 1. The van der Waals surface area contributed by atoms with Crippen LogP contribution in [0.3, 0.4) is 0 Å². The van der Waals surface area contributed by atoms with Gasteiger partial charge in [0, 0.05) is 24.2 Å². The standard InChI is InChI=1S/C19H22N2O3/c22-19(20-16-8-11-21-10-4-7-17(16)21)18-14(9-12-23-18)13-24-15-5-2-1-3-6-15/h1-3,5-6,9,12,16-17H,4,7-8,10-11,13H2,(H,20,22). The molecular formula is C19H22N2O3. The van der Waals surface area contributed by atoms with E-state index in [2.05, 4.69) is 10.2 Å². The van der Waals surface area contributed by atoms with Crippen molar-refractivity contribution in [2.24, 2.45) is 0 Å². The van der Waals surface area contributed by atoms with Gasteiger partial charge in [-0.15, -0.1) is 0 Å². The van der Waals surface area contributed by atoms with Crippen molar-refractivity contribution < 1.29 is 13.9 Å². The van der Waals surface area contributed by atoms with Gasteiger partial charge in [-0.05, 0) is 44.0 Å². The Morgan fingerprint density at radius 2 is 2.08 bits per heavy atom. The van der Waals surface area contributed by atoms with Gasteiger partial charge in [-0.2, -0.15) is 0 Å². The van der Waals surface area contributed by atoms with E-state index in [1.165, 1.54) is 12.8 Å². The molecule has 24 heavy (non-hydrogen) atoms. The van der Waals surface area contributed by atoms with Crippen LogP contribution < -0.4 is 10.1 Å². The maximum absolute atomic E-state index is 12.6. The fraction of sp³-hybridized carbons (Fsp3) is 0.421. The Bertz CT molecular complexity index is 698. The van der Waals surface area contributed by atoms with Crippen molar-refractivity contribution in [3.63, 3.8) is 0 Å². The number of para-hydroxylation sites is 1. The topological polar surface area (TPSA) is 54.7 Å². The van der Waals surface area contributed by atoms with Crippen LogP contribution >= 0.6 is 0 Å². The summed E-state index contributed by atoms with van der Waals surface area (Å²) in [6.45, 7) is 2.56. The van der Waals surface area contributed by atoms with E-state index in [1.54, 1.807) is 12.3 Å². The van der Waals surface area contributed by atoms with Crippen LogP contribution in [0.15, 0.2) is 47.1 Å². The second kappa shape index (κ2) is 6.69. The van der Waals surface area contributed by atoms with Gasteiger partial charge in [0.15, 0.2) is 5.76 Å². The van der Waals surface area contributed by atoms with Gasteiger partial charge in [-0.25, -0.2) is 0 Å². The van der Waals surface area contributed by atoms with E-state index in [0.29, 0.717) is 18.4 Å². The van der Waals surface area contributed by atoms with Crippen LogP contribution in [0.5, 0.6) is 5.75 Å². The van der Waals surface area contributed by atoms with Crippen LogP contribution in [0, 0.1) is 0 Å². The maximum atomic E-state index is 12.6. The van der Waals surface area contributed by atoms with E-state index in [-0.39, 0.29) is 11.9 Å². The fourth-order valence-electron chi connectivity index (χ4n) is 3.81. The van der Waals surface area contributed by atoms with Crippen LogP contribution in [0.1, 0.15) is 35.4 Å². The van der Waals surface area contributed by atoms with Crippen LogP contribution in [-0.2, 0) is 6.61 Å². The van der Waals surface area contributed by atoms with Crippen LogP contribution in [0.25, 0.3) is 0 Å². The third kappa shape index (κ3) is 3.04. The predicted molar refractivity (Wildman–Crippen MR) is 89.9 cm³/mol. The molecule has 1 aromatic carbocycles. The number of nitrogens with zero attached hydrogens (tertiary/aromatic N) is 1. The molecule has 0 spiro atoms. The highest BCUT2D eigenvalue weighted by molar-refractivity contribution is 5.93. The lowest BCUT2D eigenvalue weighted by Crippen LogP contribution is -2.42. The molecule has 1 N–H and O–H groups in total. The number of benzene rings is 1. The summed E-state index contributed by atoms with van der Waals surface area (Å²) < 4.78 is 11.2. The molecule has 2 fully saturated rings.